The number of hydrogen-bond acceptors (Lipinski definition) is 20. The number of unbranched alkanes of at least 4 members (excludes halogenated alkanes) is 15. The average molecular weight is 1080 g/mol. The summed E-state index contributed by atoms with van der Waals surface area (Å²) >= 11 is 0. The topological polar surface area (TPSA) is 373 Å². The zero-order valence-electron chi connectivity index (χ0n) is 44.1. The van der Waals surface area contributed by atoms with E-state index in [1.807, 2.05) is 6.08 Å². The molecule has 3 aliphatic heterocycles. The van der Waals surface area contributed by atoms with Crippen molar-refractivity contribution in [3.8, 4) is 0 Å². The molecule has 3 saturated heterocycles. The van der Waals surface area contributed by atoms with Crippen molar-refractivity contribution < 1.29 is 104 Å². The fourth-order valence-corrected chi connectivity index (χ4v) is 9.39. The summed E-state index contributed by atoms with van der Waals surface area (Å²) < 4.78 is 34.5. The Morgan fingerprint density at radius 2 is 1.27 bits per heavy atom. The Hall–Kier alpha value is -2.79. The molecule has 3 fully saturated rings. The Balaban J connectivity index is 1.73. The van der Waals surface area contributed by atoms with Crippen LogP contribution in [0.15, 0.2) is 24.3 Å². The van der Waals surface area contributed by atoms with Gasteiger partial charge in [-0.1, -0.05) is 115 Å². The normalized spacial score (nSPS) is 32.1. The minimum Gasteiger partial charge on any atom is -0.477 e. The van der Waals surface area contributed by atoms with Gasteiger partial charge in [0.25, 0.3) is 5.79 Å². The second-order valence-corrected chi connectivity index (χ2v) is 20.1. The first-order chi connectivity index (χ1) is 35.9. The maximum Gasteiger partial charge on any atom is 0.364 e. The van der Waals surface area contributed by atoms with E-state index in [1.54, 1.807) is 6.08 Å². The number of carboxylic acid groups (broad SMARTS) is 1. The Bertz CT molecular complexity index is 1660. The first-order valence-corrected chi connectivity index (χ1v) is 27.2. The fraction of sp³-hybridized carbons (Fsp3) is 0.865. The van der Waals surface area contributed by atoms with Crippen molar-refractivity contribution in [1.29, 1.82) is 0 Å². The van der Waals surface area contributed by atoms with E-state index in [2.05, 4.69) is 36.6 Å². The van der Waals surface area contributed by atoms with Gasteiger partial charge in [-0.05, 0) is 38.5 Å². The van der Waals surface area contributed by atoms with Gasteiger partial charge in [0, 0.05) is 19.8 Å². The third-order valence-electron chi connectivity index (χ3n) is 13.9. The molecule has 18 atom stereocenters. The Kier molecular flexibility index (Phi) is 31.6. The predicted molar refractivity (Wildman–Crippen MR) is 269 cm³/mol. The standard InChI is InChI=1S/C52H92N2O21/c1-4-6-8-10-12-14-16-17-19-21-23-25-34(59)33(54-39(62)26-24-22-20-18-15-13-11-9-7-5-2)31-70-49-44(66)43(65)46(38(30-57)72-49)73-50-45(67)48(42(64)37(29-56)71-50)75-52(51(68)69)27-35(60)40(53-32(3)58)47(74-52)41(63)36(61)28-55/h11,13,23,25,33-38,40-50,55-57,59-61,63-67H,4-10,12,14-22,24,26-31H2,1-3H3,(H,53,58)(H,54,62)(H,68,69)/b13-11-,25-23+. The molecular weight excluding hydrogens is 989 g/mol. The smallest absolute Gasteiger partial charge is 0.364 e. The second-order valence-electron chi connectivity index (χ2n) is 20.1. The minimum atomic E-state index is -3.08. The van der Waals surface area contributed by atoms with Gasteiger partial charge in [-0.2, -0.15) is 0 Å². The molecule has 3 aliphatic rings. The summed E-state index contributed by atoms with van der Waals surface area (Å²) in [6.07, 6.45) is -2.76. The second kappa shape index (κ2) is 35.7. The molecule has 0 bridgehead atoms. The van der Waals surface area contributed by atoms with Crippen LogP contribution in [-0.2, 0) is 42.8 Å². The van der Waals surface area contributed by atoms with Crippen molar-refractivity contribution in [2.45, 2.75) is 259 Å². The highest BCUT2D eigenvalue weighted by molar-refractivity contribution is 5.77. The van der Waals surface area contributed by atoms with Crippen LogP contribution in [0.1, 0.15) is 149 Å². The lowest BCUT2D eigenvalue weighted by Gasteiger charge is -2.50. The van der Waals surface area contributed by atoms with Crippen LogP contribution in [0.4, 0.5) is 0 Å². The van der Waals surface area contributed by atoms with Crippen molar-refractivity contribution in [1.82, 2.24) is 10.6 Å². The molecule has 0 aromatic carbocycles. The van der Waals surface area contributed by atoms with Gasteiger partial charge in [0.2, 0.25) is 11.8 Å². The lowest BCUT2D eigenvalue weighted by atomic mass is 9.88. The van der Waals surface area contributed by atoms with E-state index < -0.39 is 155 Å². The monoisotopic (exact) mass is 1080 g/mol. The molecule has 23 heteroatoms. The molecular formula is C52H92N2O21. The molecule has 75 heavy (non-hydrogen) atoms. The molecule has 3 heterocycles. The van der Waals surface area contributed by atoms with Gasteiger partial charge in [0.15, 0.2) is 12.6 Å². The summed E-state index contributed by atoms with van der Waals surface area (Å²) in [5.41, 5.74) is 0. The van der Waals surface area contributed by atoms with E-state index in [9.17, 15) is 75.7 Å². The lowest BCUT2D eigenvalue weighted by Crippen LogP contribution is -2.70. The molecule has 0 radical (unpaired) electrons. The van der Waals surface area contributed by atoms with Crippen molar-refractivity contribution in [2.75, 3.05) is 26.4 Å². The maximum absolute atomic E-state index is 13.2. The zero-order chi connectivity index (χ0) is 55.5. The number of nitrogens with one attached hydrogen (secondary N) is 2. The summed E-state index contributed by atoms with van der Waals surface area (Å²) in [6, 6.07) is -2.62. The first-order valence-electron chi connectivity index (χ1n) is 27.2. The molecule has 436 valence electrons. The van der Waals surface area contributed by atoms with E-state index in [-0.39, 0.29) is 12.3 Å². The van der Waals surface area contributed by atoms with Crippen LogP contribution in [-0.4, -0.2) is 215 Å². The zero-order valence-corrected chi connectivity index (χ0v) is 44.1. The van der Waals surface area contributed by atoms with Crippen LogP contribution >= 0.6 is 0 Å². The van der Waals surface area contributed by atoms with Crippen molar-refractivity contribution in [3.63, 3.8) is 0 Å². The molecule has 2 amide bonds. The van der Waals surface area contributed by atoms with Crippen LogP contribution < -0.4 is 10.6 Å². The molecule has 0 spiro atoms. The third-order valence-corrected chi connectivity index (χ3v) is 13.9. The third kappa shape index (κ3) is 21.4. The van der Waals surface area contributed by atoms with Crippen molar-refractivity contribution in [3.05, 3.63) is 24.3 Å². The van der Waals surface area contributed by atoms with Crippen LogP contribution in [0.3, 0.4) is 0 Å². The Morgan fingerprint density at radius 3 is 1.85 bits per heavy atom. The maximum atomic E-state index is 13.2. The summed E-state index contributed by atoms with van der Waals surface area (Å²) in [6.45, 7) is 1.98. The average Bonchev–Trinajstić information content (AvgIpc) is 3.38. The van der Waals surface area contributed by atoms with E-state index in [0.29, 0.717) is 12.8 Å². The SMILES string of the molecule is CCCC/C=C\CCCCCCC(=O)NC(COC1OC(CO)C(OC2OC(CO)C(O)C(OC3(C(=O)O)CC(O)C(NC(C)=O)C(C(O)C(O)CO)O3)C2O)C(O)C1O)C(O)/C=C/CCCCCCCCCCC. The predicted octanol–water partition coefficient (Wildman–Crippen LogP) is 0.211. The van der Waals surface area contributed by atoms with Crippen LogP contribution in [0.2, 0.25) is 0 Å². The molecule has 0 aromatic rings. The van der Waals surface area contributed by atoms with E-state index in [4.69, 9.17) is 28.4 Å². The quantitative estimate of drug-likeness (QED) is 0.0292. The number of allylic oxidation sites excluding steroid dienone is 3. The fourth-order valence-electron chi connectivity index (χ4n) is 9.39. The van der Waals surface area contributed by atoms with Crippen molar-refractivity contribution >= 4 is 17.8 Å². The van der Waals surface area contributed by atoms with Crippen molar-refractivity contribution in [2.24, 2.45) is 0 Å². The first kappa shape index (κ1) is 66.5. The number of aliphatic carboxylic acids is 1. The van der Waals surface area contributed by atoms with E-state index in [1.165, 1.54) is 38.5 Å². The molecule has 3 rings (SSSR count). The number of carboxylic acids is 1. The number of rotatable bonds is 37. The Morgan fingerprint density at radius 1 is 0.693 bits per heavy atom. The van der Waals surface area contributed by atoms with Gasteiger partial charge in [-0.3, -0.25) is 9.59 Å². The number of aliphatic hydroxyl groups is 11. The highest BCUT2D eigenvalue weighted by Gasteiger charge is 2.60. The molecule has 0 saturated carbocycles. The minimum absolute atomic E-state index is 0.184. The number of aliphatic hydroxyl groups excluding tert-OH is 11. The highest BCUT2D eigenvalue weighted by Crippen LogP contribution is 2.38. The summed E-state index contributed by atoms with van der Waals surface area (Å²) in [5.74, 6) is -6.17. The summed E-state index contributed by atoms with van der Waals surface area (Å²) in [7, 11) is 0. The summed E-state index contributed by atoms with van der Waals surface area (Å²) in [4.78, 5) is 38.2. The van der Waals surface area contributed by atoms with Crippen LogP contribution in [0.25, 0.3) is 0 Å². The van der Waals surface area contributed by atoms with Crippen LogP contribution in [0, 0.1) is 0 Å². The Labute approximate surface area is 441 Å². The molecule has 23 nitrogen and oxygen atoms in total. The van der Waals surface area contributed by atoms with Gasteiger partial charge in [0.1, 0.15) is 67.1 Å². The number of carbonyl (C=O) groups excluding carboxylic acids is 2. The number of carbonyl (C=O) groups is 3. The molecule has 0 aliphatic carbocycles. The number of amides is 2. The number of ether oxygens (including phenoxy) is 6. The molecule has 0 aromatic heterocycles. The highest BCUT2D eigenvalue weighted by atomic mass is 16.8. The van der Waals surface area contributed by atoms with Gasteiger partial charge < -0.3 is 100 Å². The molecule has 18 unspecified atom stereocenters. The lowest BCUT2D eigenvalue weighted by molar-refractivity contribution is -0.386. The van der Waals surface area contributed by atoms with Gasteiger partial charge in [0.05, 0.1) is 50.7 Å². The van der Waals surface area contributed by atoms with Gasteiger partial charge in [-0.15, -0.1) is 0 Å². The van der Waals surface area contributed by atoms with E-state index >= 15 is 0 Å². The molecule has 14 N–H and O–H groups in total. The number of hydrogen-bond donors (Lipinski definition) is 14. The van der Waals surface area contributed by atoms with Gasteiger partial charge in [-0.25, -0.2) is 4.79 Å². The van der Waals surface area contributed by atoms with Crippen LogP contribution in [0.5, 0.6) is 0 Å². The van der Waals surface area contributed by atoms with Gasteiger partial charge >= 0.3 is 5.97 Å². The largest absolute Gasteiger partial charge is 0.477 e. The van der Waals surface area contributed by atoms with E-state index in [0.717, 1.165) is 71.1 Å². The summed E-state index contributed by atoms with van der Waals surface area (Å²) in [5, 5.41) is 135.